The molecule has 1 aliphatic heterocycles. The number of hydrogen-bond donors (Lipinski definition) is 1. The van der Waals surface area contributed by atoms with Gasteiger partial charge in [-0.3, -0.25) is 4.79 Å². The summed E-state index contributed by atoms with van der Waals surface area (Å²) in [6, 6.07) is 7.36. The number of likely N-dealkylation sites (tertiary alicyclic amines) is 1. The van der Waals surface area contributed by atoms with Gasteiger partial charge in [0.25, 0.3) is 0 Å². The number of nitrogens with one attached hydrogen (secondary N) is 1. The zero-order valence-corrected chi connectivity index (χ0v) is 13.9. The molecule has 0 spiro atoms. The Hall–Kier alpha value is -2.01. The zero-order chi connectivity index (χ0) is 16.7. The molecule has 23 heavy (non-hydrogen) atoms. The number of benzene rings is 1. The van der Waals surface area contributed by atoms with Gasteiger partial charge >= 0.3 is 6.09 Å². The Morgan fingerprint density at radius 2 is 2.04 bits per heavy atom. The highest BCUT2D eigenvalue weighted by atomic mass is 35.5. The second-order valence-electron chi connectivity index (χ2n) is 5.50. The highest BCUT2D eigenvalue weighted by Crippen LogP contribution is 2.17. The second kappa shape index (κ2) is 8.58. The molecule has 6 heteroatoms. The van der Waals surface area contributed by atoms with E-state index in [-0.39, 0.29) is 12.0 Å². The summed E-state index contributed by atoms with van der Waals surface area (Å²) in [5.41, 5.74) is 0.815. The van der Waals surface area contributed by atoms with Crippen molar-refractivity contribution in [2.75, 3.05) is 26.7 Å². The summed E-state index contributed by atoms with van der Waals surface area (Å²) < 4.78 is 4.70. The van der Waals surface area contributed by atoms with E-state index in [1.807, 2.05) is 18.2 Å². The van der Waals surface area contributed by atoms with E-state index in [1.165, 1.54) is 13.2 Å². The number of piperidine rings is 1. The number of carbonyl (C=O) groups is 2. The fourth-order valence-corrected chi connectivity index (χ4v) is 2.73. The molecule has 1 saturated heterocycles. The van der Waals surface area contributed by atoms with E-state index < -0.39 is 0 Å². The average molecular weight is 337 g/mol. The number of nitrogens with zero attached hydrogens (tertiary/aromatic N) is 1. The fourth-order valence-electron chi connectivity index (χ4n) is 2.53. The van der Waals surface area contributed by atoms with Crippen LogP contribution in [0.2, 0.25) is 5.02 Å². The smallest absolute Gasteiger partial charge is 0.409 e. The third kappa shape index (κ3) is 5.28. The summed E-state index contributed by atoms with van der Waals surface area (Å²) in [5, 5.41) is 3.51. The van der Waals surface area contributed by atoms with Crippen molar-refractivity contribution in [2.45, 2.75) is 12.8 Å². The van der Waals surface area contributed by atoms with Crippen LogP contribution in [0.3, 0.4) is 0 Å². The van der Waals surface area contributed by atoms with Crippen LogP contribution >= 0.6 is 11.6 Å². The maximum Gasteiger partial charge on any atom is 0.409 e. The summed E-state index contributed by atoms with van der Waals surface area (Å²) in [6.07, 6.45) is 4.64. The van der Waals surface area contributed by atoms with E-state index in [4.69, 9.17) is 16.3 Å². The Balaban J connectivity index is 1.73. The Morgan fingerprint density at radius 3 is 2.70 bits per heavy atom. The van der Waals surface area contributed by atoms with Gasteiger partial charge in [-0.15, -0.1) is 0 Å². The number of carbonyl (C=O) groups excluding carboxylic acids is 2. The summed E-state index contributed by atoms with van der Waals surface area (Å²) in [4.78, 5) is 25.0. The molecule has 2 amide bonds. The summed E-state index contributed by atoms with van der Waals surface area (Å²) in [5.74, 6) is 0.244. The molecule has 0 aromatic heterocycles. The molecule has 1 N–H and O–H groups in total. The van der Waals surface area contributed by atoms with Crippen LogP contribution in [0.25, 0.3) is 6.08 Å². The SMILES string of the molecule is COC(=O)N1CCC(CNC(=O)/C=C/c2ccccc2Cl)CC1. The fraction of sp³-hybridized carbons (Fsp3) is 0.412. The molecule has 1 aliphatic rings. The second-order valence-corrected chi connectivity index (χ2v) is 5.91. The zero-order valence-electron chi connectivity index (χ0n) is 13.1. The summed E-state index contributed by atoms with van der Waals surface area (Å²) >= 11 is 6.03. The molecule has 0 saturated carbocycles. The van der Waals surface area contributed by atoms with E-state index in [0.717, 1.165) is 18.4 Å². The summed E-state index contributed by atoms with van der Waals surface area (Å²) in [6.45, 7) is 1.95. The Labute approximate surface area is 141 Å². The summed E-state index contributed by atoms with van der Waals surface area (Å²) in [7, 11) is 1.39. The van der Waals surface area contributed by atoms with Crippen LogP contribution < -0.4 is 5.32 Å². The number of methoxy groups -OCH3 is 1. The molecule has 5 nitrogen and oxygen atoms in total. The number of ether oxygens (including phenoxy) is 1. The quantitative estimate of drug-likeness (QED) is 0.860. The van der Waals surface area contributed by atoms with Crippen LogP contribution in [0.4, 0.5) is 4.79 Å². The van der Waals surface area contributed by atoms with Gasteiger partial charge in [0.05, 0.1) is 7.11 Å². The van der Waals surface area contributed by atoms with Crippen molar-refractivity contribution in [3.63, 3.8) is 0 Å². The molecule has 2 rings (SSSR count). The van der Waals surface area contributed by atoms with Crippen molar-refractivity contribution in [3.8, 4) is 0 Å². The Bertz CT molecular complexity index is 581. The Kier molecular flexibility index (Phi) is 6.47. The van der Waals surface area contributed by atoms with Crippen molar-refractivity contribution in [3.05, 3.63) is 40.9 Å². The van der Waals surface area contributed by atoms with Gasteiger partial charge in [-0.2, -0.15) is 0 Å². The van der Waals surface area contributed by atoms with Crippen LogP contribution in [0.15, 0.2) is 30.3 Å². The molecule has 1 aromatic carbocycles. The average Bonchev–Trinajstić information content (AvgIpc) is 2.59. The predicted molar refractivity (Wildman–Crippen MR) is 90.2 cm³/mol. The third-order valence-corrected chi connectivity index (χ3v) is 4.28. The van der Waals surface area contributed by atoms with E-state index in [9.17, 15) is 9.59 Å². The standard InChI is InChI=1S/C17H21ClN2O3/c1-23-17(22)20-10-8-13(9-11-20)12-19-16(21)7-6-14-4-2-3-5-15(14)18/h2-7,13H,8-12H2,1H3,(H,19,21)/b7-6+. The largest absolute Gasteiger partial charge is 0.453 e. The van der Waals surface area contributed by atoms with Gasteiger partial charge < -0.3 is 15.0 Å². The monoisotopic (exact) mass is 336 g/mol. The van der Waals surface area contributed by atoms with Gasteiger partial charge in [0.2, 0.25) is 5.91 Å². The maximum absolute atomic E-state index is 11.9. The van der Waals surface area contributed by atoms with Crippen molar-refractivity contribution < 1.29 is 14.3 Å². The molecule has 0 unspecified atom stereocenters. The first kappa shape index (κ1) is 17.3. The lowest BCUT2D eigenvalue weighted by Crippen LogP contribution is -2.41. The predicted octanol–water partition coefficient (Wildman–Crippen LogP) is 2.95. The lowest BCUT2D eigenvalue weighted by Gasteiger charge is -2.30. The van der Waals surface area contributed by atoms with Crippen LogP contribution in [-0.2, 0) is 9.53 Å². The van der Waals surface area contributed by atoms with Crippen LogP contribution in [-0.4, -0.2) is 43.6 Å². The van der Waals surface area contributed by atoms with Crippen molar-refractivity contribution >= 4 is 29.7 Å². The highest BCUT2D eigenvalue weighted by molar-refractivity contribution is 6.32. The van der Waals surface area contributed by atoms with Crippen molar-refractivity contribution in [2.24, 2.45) is 5.92 Å². The van der Waals surface area contributed by atoms with Gasteiger partial charge in [-0.05, 0) is 36.5 Å². The molecule has 0 aliphatic carbocycles. The van der Waals surface area contributed by atoms with Crippen LogP contribution in [0.5, 0.6) is 0 Å². The number of hydrogen-bond acceptors (Lipinski definition) is 3. The minimum absolute atomic E-state index is 0.139. The molecule has 1 fully saturated rings. The number of amides is 2. The van der Waals surface area contributed by atoms with Crippen molar-refractivity contribution in [1.82, 2.24) is 10.2 Å². The molecular formula is C17H21ClN2O3. The Morgan fingerprint density at radius 1 is 1.35 bits per heavy atom. The van der Waals surface area contributed by atoms with Gasteiger partial charge in [0.15, 0.2) is 0 Å². The highest BCUT2D eigenvalue weighted by Gasteiger charge is 2.23. The normalized spacial score (nSPS) is 15.7. The van der Waals surface area contributed by atoms with E-state index in [2.05, 4.69) is 5.32 Å². The number of rotatable bonds is 4. The third-order valence-electron chi connectivity index (χ3n) is 3.93. The molecule has 0 atom stereocenters. The van der Waals surface area contributed by atoms with Crippen molar-refractivity contribution in [1.29, 1.82) is 0 Å². The molecular weight excluding hydrogens is 316 g/mol. The number of halogens is 1. The molecule has 0 radical (unpaired) electrons. The van der Waals surface area contributed by atoms with Gasteiger partial charge in [-0.25, -0.2) is 4.79 Å². The van der Waals surface area contributed by atoms with E-state index >= 15 is 0 Å². The topological polar surface area (TPSA) is 58.6 Å². The maximum atomic E-state index is 11.9. The molecule has 0 bridgehead atoms. The van der Waals surface area contributed by atoms with E-state index in [0.29, 0.717) is 30.6 Å². The van der Waals surface area contributed by atoms with Crippen LogP contribution in [0, 0.1) is 5.92 Å². The minimum atomic E-state index is -0.282. The first-order valence-corrected chi connectivity index (χ1v) is 8.01. The van der Waals surface area contributed by atoms with E-state index in [1.54, 1.807) is 17.0 Å². The van der Waals surface area contributed by atoms with Gasteiger partial charge in [-0.1, -0.05) is 29.8 Å². The molecule has 1 aromatic rings. The lowest BCUT2D eigenvalue weighted by atomic mass is 9.97. The lowest BCUT2D eigenvalue weighted by molar-refractivity contribution is -0.116. The van der Waals surface area contributed by atoms with Gasteiger partial charge in [0, 0.05) is 30.7 Å². The molecule has 1 heterocycles. The molecule has 124 valence electrons. The first-order valence-electron chi connectivity index (χ1n) is 7.63. The van der Waals surface area contributed by atoms with Gasteiger partial charge in [0.1, 0.15) is 0 Å². The van der Waals surface area contributed by atoms with Crippen LogP contribution in [0.1, 0.15) is 18.4 Å². The first-order chi connectivity index (χ1) is 11.1. The minimum Gasteiger partial charge on any atom is -0.453 e.